The van der Waals surface area contributed by atoms with E-state index in [1.54, 1.807) is 0 Å². The summed E-state index contributed by atoms with van der Waals surface area (Å²) in [5, 5.41) is 11.2. The lowest BCUT2D eigenvalue weighted by atomic mass is 10.1. The molecule has 1 rings (SSSR count). The predicted octanol–water partition coefficient (Wildman–Crippen LogP) is 2.41. The number of nitrogens with one attached hydrogen (secondary N) is 1. The normalized spacial score (nSPS) is 11.6. The summed E-state index contributed by atoms with van der Waals surface area (Å²) in [6.45, 7) is 1.82. The molecule has 3 nitrogen and oxygen atoms in total. The number of carbonyl (C=O) groups excluding carboxylic acids is 1. The van der Waals surface area contributed by atoms with Gasteiger partial charge in [0, 0.05) is 10.5 Å². The fourth-order valence-electron chi connectivity index (χ4n) is 1.35. The van der Waals surface area contributed by atoms with E-state index in [1.165, 1.54) is 0 Å². The van der Waals surface area contributed by atoms with Crippen molar-refractivity contribution in [1.29, 1.82) is 5.26 Å². The van der Waals surface area contributed by atoms with Crippen molar-refractivity contribution in [1.82, 2.24) is 5.32 Å². The molecule has 4 heteroatoms. The number of amides is 1. The fourth-order valence-corrected chi connectivity index (χ4v) is 1.79. The van der Waals surface area contributed by atoms with E-state index in [-0.39, 0.29) is 11.9 Å². The van der Waals surface area contributed by atoms with Gasteiger partial charge in [-0.05, 0) is 24.6 Å². The molecular formula is C12H13BrN2O. The lowest BCUT2D eigenvalue weighted by Crippen LogP contribution is -2.33. The van der Waals surface area contributed by atoms with Crippen molar-refractivity contribution >= 4 is 21.8 Å². The Bertz CT molecular complexity index is 412. The molecule has 1 amide bonds. The molecule has 0 aromatic heterocycles. The molecule has 1 N–H and O–H groups in total. The minimum absolute atomic E-state index is 0.0548. The van der Waals surface area contributed by atoms with E-state index in [9.17, 15) is 4.79 Å². The Kier molecular flexibility index (Phi) is 5.00. The first-order chi connectivity index (χ1) is 7.61. The van der Waals surface area contributed by atoms with E-state index in [4.69, 9.17) is 5.26 Å². The van der Waals surface area contributed by atoms with E-state index in [0.29, 0.717) is 12.8 Å². The highest BCUT2D eigenvalue weighted by Gasteiger charge is 2.07. The summed E-state index contributed by atoms with van der Waals surface area (Å²) in [7, 11) is 0. The number of benzene rings is 1. The van der Waals surface area contributed by atoms with Crippen LogP contribution >= 0.6 is 15.9 Å². The topological polar surface area (TPSA) is 52.9 Å². The molecule has 0 saturated carbocycles. The summed E-state index contributed by atoms with van der Waals surface area (Å²) >= 11 is 3.35. The summed E-state index contributed by atoms with van der Waals surface area (Å²) in [5.74, 6) is -0.0548. The molecule has 0 heterocycles. The molecule has 84 valence electrons. The molecular weight excluding hydrogens is 268 g/mol. The Balaban J connectivity index is 2.49. The SMILES string of the molecule is CC(CC#N)NC(=O)Cc1cccc(Br)c1. The molecule has 0 aliphatic heterocycles. The van der Waals surface area contributed by atoms with E-state index in [0.717, 1.165) is 10.0 Å². The average Bonchev–Trinajstić information content (AvgIpc) is 2.17. The van der Waals surface area contributed by atoms with Gasteiger partial charge in [0.15, 0.2) is 0 Å². The average molecular weight is 281 g/mol. The quantitative estimate of drug-likeness (QED) is 0.921. The van der Waals surface area contributed by atoms with Crippen LogP contribution in [0.25, 0.3) is 0 Å². The molecule has 0 radical (unpaired) electrons. The monoisotopic (exact) mass is 280 g/mol. The van der Waals surface area contributed by atoms with E-state index in [1.807, 2.05) is 37.3 Å². The lowest BCUT2D eigenvalue weighted by Gasteiger charge is -2.10. The van der Waals surface area contributed by atoms with E-state index in [2.05, 4.69) is 21.2 Å². The number of hydrogen-bond acceptors (Lipinski definition) is 2. The zero-order valence-corrected chi connectivity index (χ0v) is 10.6. The van der Waals surface area contributed by atoms with Crippen molar-refractivity contribution < 1.29 is 4.79 Å². The van der Waals surface area contributed by atoms with Gasteiger partial charge in [-0.15, -0.1) is 0 Å². The van der Waals surface area contributed by atoms with Crippen molar-refractivity contribution in [2.24, 2.45) is 0 Å². The van der Waals surface area contributed by atoms with Crippen LogP contribution in [0.2, 0.25) is 0 Å². The molecule has 1 aromatic rings. The maximum absolute atomic E-state index is 11.6. The summed E-state index contributed by atoms with van der Waals surface area (Å²) in [6.07, 6.45) is 0.680. The Hall–Kier alpha value is -1.34. The highest BCUT2D eigenvalue weighted by atomic mass is 79.9. The predicted molar refractivity (Wildman–Crippen MR) is 65.7 cm³/mol. The van der Waals surface area contributed by atoms with Crippen molar-refractivity contribution in [2.45, 2.75) is 25.8 Å². The number of carbonyl (C=O) groups is 1. The van der Waals surface area contributed by atoms with E-state index >= 15 is 0 Å². The third kappa shape index (κ3) is 4.45. The summed E-state index contributed by atoms with van der Waals surface area (Å²) < 4.78 is 0.961. The van der Waals surface area contributed by atoms with Gasteiger partial charge < -0.3 is 5.32 Å². The molecule has 0 spiro atoms. The first kappa shape index (κ1) is 12.7. The highest BCUT2D eigenvalue weighted by molar-refractivity contribution is 9.10. The van der Waals surface area contributed by atoms with Crippen LogP contribution in [0.15, 0.2) is 28.7 Å². The van der Waals surface area contributed by atoms with Crippen LogP contribution in [-0.2, 0) is 11.2 Å². The van der Waals surface area contributed by atoms with Gasteiger partial charge in [0.25, 0.3) is 0 Å². The minimum atomic E-state index is -0.0929. The second-order valence-electron chi connectivity index (χ2n) is 3.64. The largest absolute Gasteiger partial charge is 0.352 e. The molecule has 16 heavy (non-hydrogen) atoms. The second-order valence-corrected chi connectivity index (χ2v) is 4.55. The van der Waals surface area contributed by atoms with Gasteiger partial charge in [0.1, 0.15) is 0 Å². The van der Waals surface area contributed by atoms with E-state index < -0.39 is 0 Å². The van der Waals surface area contributed by atoms with Gasteiger partial charge in [-0.3, -0.25) is 4.79 Å². The van der Waals surface area contributed by atoms with Crippen LogP contribution in [-0.4, -0.2) is 11.9 Å². The van der Waals surface area contributed by atoms with Crippen LogP contribution in [0.4, 0.5) is 0 Å². The van der Waals surface area contributed by atoms with Crippen molar-refractivity contribution in [3.8, 4) is 6.07 Å². The standard InChI is InChI=1S/C12H13BrN2O/c1-9(5-6-14)15-12(16)8-10-3-2-4-11(13)7-10/h2-4,7,9H,5,8H2,1H3,(H,15,16). The molecule has 0 aliphatic rings. The zero-order chi connectivity index (χ0) is 12.0. The maximum Gasteiger partial charge on any atom is 0.224 e. The summed E-state index contributed by atoms with van der Waals surface area (Å²) in [5.41, 5.74) is 0.955. The fraction of sp³-hybridized carbons (Fsp3) is 0.333. The van der Waals surface area contributed by atoms with Gasteiger partial charge in [0.2, 0.25) is 5.91 Å². The summed E-state index contributed by atoms with van der Waals surface area (Å²) in [4.78, 5) is 11.6. The number of rotatable bonds is 4. The molecule has 1 atom stereocenters. The van der Waals surface area contributed by atoms with Crippen molar-refractivity contribution in [3.05, 3.63) is 34.3 Å². The first-order valence-electron chi connectivity index (χ1n) is 5.02. The maximum atomic E-state index is 11.6. The minimum Gasteiger partial charge on any atom is -0.352 e. The molecule has 0 aliphatic carbocycles. The summed E-state index contributed by atoms with van der Waals surface area (Å²) in [6, 6.07) is 9.55. The van der Waals surface area contributed by atoms with Gasteiger partial charge in [-0.1, -0.05) is 28.1 Å². The third-order valence-electron chi connectivity index (χ3n) is 2.06. The number of halogens is 1. The van der Waals surface area contributed by atoms with Crippen molar-refractivity contribution in [2.75, 3.05) is 0 Å². The van der Waals surface area contributed by atoms with Crippen LogP contribution in [0.3, 0.4) is 0 Å². The van der Waals surface area contributed by atoms with Gasteiger partial charge in [-0.2, -0.15) is 5.26 Å². The van der Waals surface area contributed by atoms with Crippen LogP contribution < -0.4 is 5.32 Å². The third-order valence-corrected chi connectivity index (χ3v) is 2.55. The lowest BCUT2D eigenvalue weighted by molar-refractivity contribution is -0.121. The second kappa shape index (κ2) is 6.29. The molecule has 1 aromatic carbocycles. The Morgan fingerprint density at radius 1 is 1.62 bits per heavy atom. The number of nitriles is 1. The van der Waals surface area contributed by atoms with Gasteiger partial charge in [0.05, 0.1) is 18.9 Å². The molecule has 0 fully saturated rings. The van der Waals surface area contributed by atoms with Gasteiger partial charge in [-0.25, -0.2) is 0 Å². The Labute approximate surface area is 104 Å². The Morgan fingerprint density at radius 3 is 3.00 bits per heavy atom. The van der Waals surface area contributed by atoms with Gasteiger partial charge >= 0.3 is 0 Å². The molecule has 0 saturated heterocycles. The Morgan fingerprint density at radius 2 is 2.38 bits per heavy atom. The number of nitrogens with zero attached hydrogens (tertiary/aromatic N) is 1. The van der Waals surface area contributed by atoms with Crippen molar-refractivity contribution in [3.63, 3.8) is 0 Å². The number of hydrogen-bond donors (Lipinski definition) is 1. The first-order valence-corrected chi connectivity index (χ1v) is 5.82. The van der Waals surface area contributed by atoms with Crippen LogP contribution in [0, 0.1) is 11.3 Å². The van der Waals surface area contributed by atoms with Crippen LogP contribution in [0.5, 0.6) is 0 Å². The van der Waals surface area contributed by atoms with Crippen LogP contribution in [0.1, 0.15) is 18.9 Å². The smallest absolute Gasteiger partial charge is 0.224 e. The highest BCUT2D eigenvalue weighted by Crippen LogP contribution is 2.12. The molecule has 1 unspecified atom stereocenters. The zero-order valence-electron chi connectivity index (χ0n) is 9.03. The molecule has 0 bridgehead atoms.